The lowest BCUT2D eigenvalue weighted by Crippen LogP contribution is -2.37. The van der Waals surface area contributed by atoms with Gasteiger partial charge in [-0.2, -0.15) is 0 Å². The fourth-order valence-corrected chi connectivity index (χ4v) is 2.53. The van der Waals surface area contributed by atoms with Crippen LogP contribution in [0.3, 0.4) is 0 Å². The van der Waals surface area contributed by atoms with Crippen LogP contribution in [-0.4, -0.2) is 36.3 Å². The molecule has 0 aliphatic rings. The van der Waals surface area contributed by atoms with Gasteiger partial charge in [0.2, 0.25) is 0 Å². The van der Waals surface area contributed by atoms with Crippen molar-refractivity contribution in [2.24, 2.45) is 0 Å². The van der Waals surface area contributed by atoms with Gasteiger partial charge in [-0.05, 0) is 35.7 Å². The van der Waals surface area contributed by atoms with Crippen molar-refractivity contribution in [3.05, 3.63) is 16.5 Å². The number of nitrogens with zero attached hydrogens (tertiary/aromatic N) is 3. The summed E-state index contributed by atoms with van der Waals surface area (Å²) in [5.41, 5.74) is 0. The lowest BCUT2D eigenvalue weighted by atomic mass is 10.1. The number of aromatic nitrogens is 2. The zero-order valence-electron chi connectivity index (χ0n) is 11.6. The molecular formula is C13H22BrN3O. The van der Waals surface area contributed by atoms with Crippen LogP contribution in [0.15, 0.2) is 10.7 Å². The van der Waals surface area contributed by atoms with Crippen LogP contribution >= 0.6 is 15.9 Å². The SMILES string of the molecule is CCC(CC)N(CCOC)c1cc(Br)nc(C)n1. The summed E-state index contributed by atoms with van der Waals surface area (Å²) in [6.07, 6.45) is 2.20. The monoisotopic (exact) mass is 315 g/mol. The summed E-state index contributed by atoms with van der Waals surface area (Å²) in [5, 5.41) is 0. The van der Waals surface area contributed by atoms with Crippen molar-refractivity contribution < 1.29 is 4.74 Å². The van der Waals surface area contributed by atoms with Gasteiger partial charge >= 0.3 is 0 Å². The summed E-state index contributed by atoms with van der Waals surface area (Å²) >= 11 is 3.43. The van der Waals surface area contributed by atoms with E-state index < -0.39 is 0 Å². The quantitative estimate of drug-likeness (QED) is 0.724. The van der Waals surface area contributed by atoms with Crippen LogP contribution < -0.4 is 4.90 Å². The largest absolute Gasteiger partial charge is 0.383 e. The highest BCUT2D eigenvalue weighted by Crippen LogP contribution is 2.21. The van der Waals surface area contributed by atoms with Crippen molar-refractivity contribution in [2.45, 2.75) is 39.7 Å². The van der Waals surface area contributed by atoms with Crippen LogP contribution in [0.2, 0.25) is 0 Å². The molecular weight excluding hydrogens is 294 g/mol. The molecule has 0 aliphatic carbocycles. The summed E-state index contributed by atoms with van der Waals surface area (Å²) in [5.74, 6) is 1.76. The number of hydrogen-bond donors (Lipinski definition) is 0. The first-order valence-corrected chi connectivity index (χ1v) is 7.18. The number of methoxy groups -OCH3 is 1. The molecule has 0 N–H and O–H groups in total. The molecule has 0 saturated carbocycles. The first-order valence-electron chi connectivity index (χ1n) is 6.39. The van der Waals surface area contributed by atoms with E-state index in [-0.39, 0.29) is 0 Å². The summed E-state index contributed by atoms with van der Waals surface area (Å²) in [6.45, 7) is 7.88. The summed E-state index contributed by atoms with van der Waals surface area (Å²) in [4.78, 5) is 11.1. The molecule has 0 atom stereocenters. The number of ether oxygens (including phenoxy) is 1. The summed E-state index contributed by atoms with van der Waals surface area (Å²) in [6, 6.07) is 2.46. The maximum Gasteiger partial charge on any atom is 0.133 e. The number of hydrogen-bond acceptors (Lipinski definition) is 4. The average molecular weight is 316 g/mol. The van der Waals surface area contributed by atoms with Crippen LogP contribution in [0, 0.1) is 6.92 Å². The lowest BCUT2D eigenvalue weighted by Gasteiger charge is -2.31. The zero-order chi connectivity index (χ0) is 13.5. The second kappa shape index (κ2) is 7.69. The van der Waals surface area contributed by atoms with E-state index in [1.54, 1.807) is 7.11 Å². The number of aryl methyl sites for hydroxylation is 1. The molecule has 0 amide bonds. The Morgan fingerprint density at radius 2 is 2.00 bits per heavy atom. The Hall–Kier alpha value is -0.680. The van der Waals surface area contributed by atoms with E-state index in [1.807, 2.05) is 13.0 Å². The Balaban J connectivity index is 2.99. The second-order valence-electron chi connectivity index (χ2n) is 4.25. The molecule has 1 aromatic rings. The van der Waals surface area contributed by atoms with Crippen molar-refractivity contribution in [3.63, 3.8) is 0 Å². The van der Waals surface area contributed by atoms with Gasteiger partial charge < -0.3 is 9.64 Å². The molecule has 1 rings (SSSR count). The van der Waals surface area contributed by atoms with Gasteiger partial charge in [0.05, 0.1) is 6.61 Å². The highest BCUT2D eigenvalue weighted by atomic mass is 79.9. The second-order valence-corrected chi connectivity index (χ2v) is 5.07. The molecule has 0 saturated heterocycles. The standard InChI is InChI=1S/C13H22BrN3O/c1-5-11(6-2)17(7-8-18-4)13-9-12(14)15-10(3)16-13/h9,11H,5-8H2,1-4H3. The number of anilines is 1. The third kappa shape index (κ3) is 4.21. The van der Waals surface area contributed by atoms with E-state index in [0.717, 1.165) is 35.6 Å². The molecule has 1 heterocycles. The average Bonchev–Trinajstić information content (AvgIpc) is 2.33. The van der Waals surface area contributed by atoms with Crippen LogP contribution in [0.4, 0.5) is 5.82 Å². The summed E-state index contributed by atoms with van der Waals surface area (Å²) < 4.78 is 6.03. The zero-order valence-corrected chi connectivity index (χ0v) is 13.2. The normalized spacial score (nSPS) is 11.0. The Morgan fingerprint density at radius 1 is 1.33 bits per heavy atom. The van der Waals surface area contributed by atoms with Crippen molar-refractivity contribution in [2.75, 3.05) is 25.2 Å². The molecule has 0 fully saturated rings. The Morgan fingerprint density at radius 3 is 2.50 bits per heavy atom. The molecule has 0 radical (unpaired) electrons. The fraction of sp³-hybridized carbons (Fsp3) is 0.692. The minimum atomic E-state index is 0.487. The lowest BCUT2D eigenvalue weighted by molar-refractivity contribution is 0.202. The predicted octanol–water partition coefficient (Wildman–Crippen LogP) is 3.19. The Labute approximate surface area is 118 Å². The van der Waals surface area contributed by atoms with Crippen molar-refractivity contribution >= 4 is 21.7 Å². The van der Waals surface area contributed by atoms with Crippen molar-refractivity contribution in [3.8, 4) is 0 Å². The maximum absolute atomic E-state index is 5.20. The van der Waals surface area contributed by atoms with Gasteiger partial charge in [0.1, 0.15) is 16.2 Å². The van der Waals surface area contributed by atoms with Crippen molar-refractivity contribution in [1.82, 2.24) is 9.97 Å². The maximum atomic E-state index is 5.20. The van der Waals surface area contributed by atoms with Crippen LogP contribution in [0.25, 0.3) is 0 Å². The highest BCUT2D eigenvalue weighted by molar-refractivity contribution is 9.10. The minimum Gasteiger partial charge on any atom is -0.383 e. The molecule has 5 heteroatoms. The third-order valence-electron chi connectivity index (χ3n) is 3.01. The van der Waals surface area contributed by atoms with Gasteiger partial charge in [-0.25, -0.2) is 9.97 Å². The van der Waals surface area contributed by atoms with E-state index in [4.69, 9.17) is 4.74 Å². The van der Waals surface area contributed by atoms with E-state index in [9.17, 15) is 0 Å². The van der Waals surface area contributed by atoms with Gasteiger partial charge in [-0.3, -0.25) is 0 Å². The third-order valence-corrected chi connectivity index (χ3v) is 3.41. The van der Waals surface area contributed by atoms with E-state index in [2.05, 4.69) is 44.6 Å². The topological polar surface area (TPSA) is 38.2 Å². The van der Waals surface area contributed by atoms with Crippen LogP contribution in [0.1, 0.15) is 32.5 Å². The van der Waals surface area contributed by atoms with E-state index >= 15 is 0 Å². The molecule has 102 valence electrons. The Kier molecular flexibility index (Phi) is 6.57. The summed E-state index contributed by atoms with van der Waals surface area (Å²) in [7, 11) is 1.73. The van der Waals surface area contributed by atoms with Gasteiger partial charge in [0.15, 0.2) is 0 Å². The molecule has 0 spiro atoms. The first kappa shape index (κ1) is 15.4. The van der Waals surface area contributed by atoms with Gasteiger partial charge in [0.25, 0.3) is 0 Å². The molecule has 0 unspecified atom stereocenters. The molecule has 1 aromatic heterocycles. The number of rotatable bonds is 7. The fourth-order valence-electron chi connectivity index (χ4n) is 2.07. The molecule has 4 nitrogen and oxygen atoms in total. The van der Waals surface area contributed by atoms with E-state index in [0.29, 0.717) is 12.6 Å². The molecule has 0 aromatic carbocycles. The molecule has 0 bridgehead atoms. The van der Waals surface area contributed by atoms with Crippen LogP contribution in [-0.2, 0) is 4.74 Å². The van der Waals surface area contributed by atoms with Gasteiger partial charge in [-0.1, -0.05) is 13.8 Å². The minimum absolute atomic E-state index is 0.487. The van der Waals surface area contributed by atoms with Gasteiger partial charge in [-0.15, -0.1) is 0 Å². The predicted molar refractivity (Wildman–Crippen MR) is 78.1 cm³/mol. The molecule has 0 aliphatic heterocycles. The first-order chi connectivity index (χ1) is 8.62. The Bertz CT molecular complexity index is 349. The van der Waals surface area contributed by atoms with E-state index in [1.165, 1.54) is 0 Å². The molecule has 18 heavy (non-hydrogen) atoms. The van der Waals surface area contributed by atoms with Crippen LogP contribution in [0.5, 0.6) is 0 Å². The highest BCUT2D eigenvalue weighted by Gasteiger charge is 2.17. The van der Waals surface area contributed by atoms with Gasteiger partial charge in [0, 0.05) is 25.8 Å². The van der Waals surface area contributed by atoms with Crippen molar-refractivity contribution in [1.29, 1.82) is 0 Å². The smallest absolute Gasteiger partial charge is 0.133 e. The number of halogens is 1.